The molecule has 3 aromatic rings. The molecule has 1 aromatic heterocycles. The summed E-state index contributed by atoms with van der Waals surface area (Å²) in [5.41, 5.74) is 1.77. The fraction of sp³-hybridized carbons (Fsp3) is 0.444. The number of phenols is 1. The van der Waals surface area contributed by atoms with Crippen molar-refractivity contribution in [3.8, 4) is 22.8 Å². The maximum absolute atomic E-state index is 12.6. The Morgan fingerprint density at radius 2 is 1.38 bits per heavy atom. The van der Waals surface area contributed by atoms with Crippen LogP contribution in [0.15, 0.2) is 51.7 Å². The molecule has 0 bridgehead atoms. The Bertz CT molecular complexity index is 1370. The average Bonchev–Trinajstić information content (AvgIpc) is 2.83. The van der Waals surface area contributed by atoms with Gasteiger partial charge in [0, 0.05) is 23.8 Å². The van der Waals surface area contributed by atoms with Crippen molar-refractivity contribution >= 4 is 26.2 Å². The first-order chi connectivity index (χ1) is 18.4. The highest BCUT2D eigenvalue weighted by Crippen LogP contribution is 2.61. The molecular weight excluding hydrogens is 546 g/mol. The van der Waals surface area contributed by atoms with Crippen molar-refractivity contribution in [1.82, 2.24) is 0 Å². The third kappa shape index (κ3) is 9.31. The predicted octanol–water partition coefficient (Wildman–Crippen LogP) is 6.05. The Labute approximate surface area is 227 Å². The topological polar surface area (TPSA) is 175 Å². The molecule has 12 heteroatoms. The molecule has 0 saturated carbocycles. The van der Waals surface area contributed by atoms with Gasteiger partial charge in [0.05, 0.1) is 6.61 Å². The first kappa shape index (κ1) is 31.1. The number of hydrogen-bond donors (Lipinski definition) is 5. The molecular formula is C27H36O10P2. The van der Waals surface area contributed by atoms with Crippen molar-refractivity contribution < 1.29 is 43.0 Å². The van der Waals surface area contributed by atoms with E-state index in [-0.39, 0.29) is 28.6 Å². The predicted molar refractivity (Wildman–Crippen MR) is 149 cm³/mol. The van der Waals surface area contributed by atoms with Gasteiger partial charge in [0.2, 0.25) is 0 Å². The van der Waals surface area contributed by atoms with Crippen LogP contribution in [-0.4, -0.2) is 36.7 Å². The Morgan fingerprint density at radius 1 is 0.821 bits per heavy atom. The molecule has 0 atom stereocenters. The zero-order valence-electron chi connectivity index (χ0n) is 21.9. The van der Waals surface area contributed by atoms with E-state index in [1.807, 2.05) is 31.2 Å². The molecule has 0 fully saturated rings. The highest BCUT2D eigenvalue weighted by Gasteiger charge is 2.42. The van der Waals surface area contributed by atoms with Gasteiger partial charge in [-0.15, -0.1) is 0 Å². The number of benzene rings is 2. The number of aryl methyl sites for hydroxylation is 1. The van der Waals surface area contributed by atoms with E-state index in [2.05, 4.69) is 0 Å². The third-order valence-corrected chi connectivity index (χ3v) is 10.4. The molecule has 39 heavy (non-hydrogen) atoms. The van der Waals surface area contributed by atoms with E-state index in [4.69, 9.17) is 28.7 Å². The maximum atomic E-state index is 12.6. The van der Waals surface area contributed by atoms with E-state index in [0.29, 0.717) is 31.0 Å². The largest absolute Gasteiger partial charge is 0.507 e. The van der Waals surface area contributed by atoms with Gasteiger partial charge >= 0.3 is 15.2 Å². The van der Waals surface area contributed by atoms with E-state index in [1.54, 1.807) is 6.07 Å². The van der Waals surface area contributed by atoms with Crippen LogP contribution in [0.2, 0.25) is 0 Å². The fourth-order valence-electron chi connectivity index (χ4n) is 4.40. The second-order valence-electron chi connectivity index (χ2n) is 9.78. The molecule has 0 spiro atoms. The van der Waals surface area contributed by atoms with Gasteiger partial charge in [0.25, 0.3) is 0 Å². The quantitative estimate of drug-likeness (QED) is 0.105. The molecule has 214 valence electrons. The summed E-state index contributed by atoms with van der Waals surface area (Å²) in [7, 11) is -9.68. The molecule has 2 aromatic carbocycles. The number of hydrogen-bond acceptors (Lipinski definition) is 6. The third-order valence-electron chi connectivity index (χ3n) is 6.52. The van der Waals surface area contributed by atoms with Crippen molar-refractivity contribution in [2.24, 2.45) is 0 Å². The minimum absolute atomic E-state index is 0.109. The van der Waals surface area contributed by atoms with Crippen molar-refractivity contribution in [2.75, 3.05) is 6.61 Å². The van der Waals surface area contributed by atoms with Gasteiger partial charge in [-0.1, -0.05) is 74.8 Å². The molecule has 0 unspecified atom stereocenters. The Balaban J connectivity index is 1.39. The number of aromatic hydroxyl groups is 1. The number of rotatable bonds is 15. The summed E-state index contributed by atoms with van der Waals surface area (Å²) in [6.07, 6.45) is 6.16. The lowest BCUT2D eigenvalue weighted by Crippen LogP contribution is -2.09. The molecule has 0 saturated heterocycles. The second kappa shape index (κ2) is 13.8. The highest BCUT2D eigenvalue weighted by atomic mass is 31.2. The van der Waals surface area contributed by atoms with Crippen LogP contribution in [0.25, 0.3) is 22.3 Å². The molecule has 10 nitrogen and oxygen atoms in total. The summed E-state index contributed by atoms with van der Waals surface area (Å²) < 4.78 is 34.3. The first-order valence-electron chi connectivity index (χ1n) is 13.0. The van der Waals surface area contributed by atoms with E-state index < -0.39 is 20.6 Å². The van der Waals surface area contributed by atoms with Gasteiger partial charge in [-0.2, -0.15) is 0 Å². The zero-order chi connectivity index (χ0) is 28.6. The molecule has 0 radical (unpaired) electrons. The van der Waals surface area contributed by atoms with Crippen LogP contribution in [0.4, 0.5) is 0 Å². The smallest absolute Gasteiger partial charge is 0.340 e. The molecule has 0 aliphatic rings. The molecule has 0 aliphatic carbocycles. The average molecular weight is 583 g/mol. The monoisotopic (exact) mass is 582 g/mol. The first-order valence-corrected chi connectivity index (χ1v) is 16.3. The number of fused-ring (bicyclic) bond motifs is 1. The van der Waals surface area contributed by atoms with Crippen LogP contribution in [0.3, 0.4) is 0 Å². The molecule has 0 aliphatic heterocycles. The number of unbranched alkanes of at least 4 members (excludes halogenated alkanes) is 7. The summed E-state index contributed by atoms with van der Waals surface area (Å²) in [6.45, 7) is 2.40. The Morgan fingerprint density at radius 3 is 1.97 bits per heavy atom. The van der Waals surface area contributed by atoms with Crippen LogP contribution < -0.4 is 10.2 Å². The van der Waals surface area contributed by atoms with Crippen molar-refractivity contribution in [3.63, 3.8) is 0 Å². The fourth-order valence-corrected chi connectivity index (χ4v) is 7.00. The van der Waals surface area contributed by atoms with Crippen LogP contribution in [-0.2, 0) is 9.13 Å². The van der Waals surface area contributed by atoms with Gasteiger partial charge in [-0.3, -0.25) is 13.9 Å². The number of phenolic OH excluding ortho intramolecular Hbond substituents is 1. The lowest BCUT2D eigenvalue weighted by molar-refractivity contribution is 0.302. The minimum atomic E-state index is -4.84. The summed E-state index contributed by atoms with van der Waals surface area (Å²) in [5.74, 6) is 0.625. The van der Waals surface area contributed by atoms with Crippen LogP contribution in [0.1, 0.15) is 63.4 Å². The van der Waals surface area contributed by atoms with Gasteiger partial charge in [-0.25, -0.2) is 0 Å². The Hall–Kier alpha value is -2.45. The lowest BCUT2D eigenvalue weighted by Gasteiger charge is -2.19. The number of ether oxygens (including phenoxy) is 1. The van der Waals surface area contributed by atoms with Crippen molar-refractivity contribution in [1.29, 1.82) is 0 Å². The van der Waals surface area contributed by atoms with E-state index in [0.717, 1.165) is 49.7 Å². The highest BCUT2D eigenvalue weighted by molar-refractivity contribution is 7.70. The Kier molecular flexibility index (Phi) is 11.0. The summed E-state index contributed by atoms with van der Waals surface area (Å²) in [4.78, 5) is 49.2. The SMILES string of the molecule is Cc1ccc(-c2cc(=O)c3c(O)cc(OCCCCCCCCCCC(P(=O)(O)O)P(=O)(O)O)cc3o2)cc1. The van der Waals surface area contributed by atoms with Crippen LogP contribution in [0.5, 0.6) is 11.5 Å². The molecule has 1 heterocycles. The second-order valence-corrected chi connectivity index (χ2v) is 13.8. The van der Waals surface area contributed by atoms with Crippen molar-refractivity contribution in [3.05, 3.63) is 58.3 Å². The van der Waals surface area contributed by atoms with E-state index in [1.165, 1.54) is 12.1 Å². The standard InChI is InChI=1S/C27H36O10P2/c1-19-11-13-20(14-12-19)24-18-23(29)27-22(28)16-21(17-25(27)37-24)36-15-9-7-5-3-2-4-6-8-10-26(38(30,31)32)39(33,34)35/h11-14,16-18,26,28H,2-10,15H2,1H3,(H2,30,31,32)(H2,33,34,35). The lowest BCUT2D eigenvalue weighted by atomic mass is 10.1. The van der Waals surface area contributed by atoms with Gasteiger partial charge in [-0.05, 0) is 19.8 Å². The van der Waals surface area contributed by atoms with Gasteiger partial charge < -0.3 is 33.8 Å². The van der Waals surface area contributed by atoms with Crippen molar-refractivity contribution in [2.45, 2.75) is 70.1 Å². The zero-order valence-corrected chi connectivity index (χ0v) is 23.7. The maximum Gasteiger partial charge on any atom is 0.340 e. The summed E-state index contributed by atoms with van der Waals surface area (Å²) in [6, 6.07) is 12.0. The normalized spacial score (nSPS) is 12.4. The molecule has 3 rings (SSSR count). The minimum Gasteiger partial charge on any atom is -0.507 e. The van der Waals surface area contributed by atoms with Crippen LogP contribution in [0, 0.1) is 6.92 Å². The van der Waals surface area contributed by atoms with Crippen LogP contribution >= 0.6 is 15.2 Å². The van der Waals surface area contributed by atoms with E-state index >= 15 is 0 Å². The summed E-state index contributed by atoms with van der Waals surface area (Å²) >= 11 is 0. The summed E-state index contributed by atoms with van der Waals surface area (Å²) in [5, 5.41) is 8.58. The molecule has 5 N–H and O–H groups in total. The van der Waals surface area contributed by atoms with Gasteiger partial charge in [0.1, 0.15) is 28.2 Å². The van der Waals surface area contributed by atoms with Gasteiger partial charge in [0.15, 0.2) is 10.8 Å². The molecule has 0 amide bonds. The van der Waals surface area contributed by atoms with E-state index in [9.17, 15) is 19.0 Å².